The number of benzene rings is 2. The Morgan fingerprint density at radius 3 is 2.32 bits per heavy atom. The molecule has 7 nitrogen and oxygen atoms in total. The fraction of sp³-hybridized carbons (Fsp3) is 0.333. The number of hydrogen-bond acceptors (Lipinski definition) is 5. The summed E-state index contributed by atoms with van der Waals surface area (Å²) in [4.78, 5) is 22.8. The van der Waals surface area contributed by atoms with Crippen LogP contribution in [0.25, 0.3) is 6.08 Å². The van der Waals surface area contributed by atoms with Crippen molar-refractivity contribution in [1.82, 2.24) is 4.90 Å². The van der Waals surface area contributed by atoms with Gasteiger partial charge in [0.2, 0.25) is 12.3 Å². The molecule has 7 heteroatoms. The molecule has 0 spiro atoms. The Hall–Kier alpha value is -3.32. The van der Waals surface area contributed by atoms with E-state index in [0.717, 1.165) is 31.5 Å². The summed E-state index contributed by atoms with van der Waals surface area (Å²) in [5, 5.41) is 18.8. The number of amides is 2. The van der Waals surface area contributed by atoms with Crippen molar-refractivity contribution in [1.29, 1.82) is 0 Å². The van der Waals surface area contributed by atoms with Crippen LogP contribution in [0, 0.1) is 0 Å². The van der Waals surface area contributed by atoms with Crippen LogP contribution in [-0.4, -0.2) is 40.5 Å². The molecule has 1 aliphatic heterocycles. The van der Waals surface area contributed by atoms with Gasteiger partial charge in [-0.15, -0.1) is 0 Å². The molecular formula is C24H33N3O4. The van der Waals surface area contributed by atoms with Gasteiger partial charge in [-0.3, -0.25) is 9.59 Å². The molecule has 168 valence electrons. The first kappa shape index (κ1) is 25.7. The number of aromatic hydroxyl groups is 2. The molecule has 2 aromatic rings. The lowest BCUT2D eigenvalue weighted by Gasteiger charge is -2.31. The number of rotatable bonds is 4. The number of nitrogens with two attached hydrogens (primary N) is 2. The second-order valence-corrected chi connectivity index (χ2v) is 6.77. The van der Waals surface area contributed by atoms with Gasteiger partial charge >= 0.3 is 0 Å². The van der Waals surface area contributed by atoms with Crippen molar-refractivity contribution < 1.29 is 19.8 Å². The van der Waals surface area contributed by atoms with Crippen LogP contribution in [0.2, 0.25) is 0 Å². The molecule has 1 saturated heterocycles. The molecule has 0 aromatic heterocycles. The summed E-state index contributed by atoms with van der Waals surface area (Å²) >= 11 is 0. The van der Waals surface area contributed by atoms with E-state index in [9.17, 15) is 15.0 Å². The standard InChI is InChI=1S/C21H24N2O3.C2H6.CH3NO/c22-14-16-2-1-3-18(12-16)17-8-10-23(11-9-17)21(26)7-5-15-4-6-19(24)20(25)13-15;1-2;2-1-3/h1-7,12-13,17,24-25H,8-11,14,22H2;1-2H3;1H,(H2,2,3)/b7-5+;;. The topological polar surface area (TPSA) is 130 Å². The van der Waals surface area contributed by atoms with Gasteiger partial charge in [-0.05, 0) is 53.7 Å². The third kappa shape index (κ3) is 8.14. The van der Waals surface area contributed by atoms with E-state index in [-0.39, 0.29) is 23.8 Å². The van der Waals surface area contributed by atoms with E-state index in [1.807, 2.05) is 30.9 Å². The number of phenols is 2. The molecule has 0 aliphatic carbocycles. The van der Waals surface area contributed by atoms with Crippen LogP contribution in [0.3, 0.4) is 0 Å². The largest absolute Gasteiger partial charge is 0.504 e. The molecule has 0 unspecified atom stereocenters. The summed E-state index contributed by atoms with van der Waals surface area (Å²) in [5.41, 5.74) is 13.0. The van der Waals surface area contributed by atoms with Gasteiger partial charge in [0, 0.05) is 25.7 Å². The Balaban J connectivity index is 0.000000884. The molecule has 1 heterocycles. The van der Waals surface area contributed by atoms with E-state index in [0.29, 0.717) is 18.0 Å². The molecular weight excluding hydrogens is 394 g/mol. The van der Waals surface area contributed by atoms with Gasteiger partial charge in [0.25, 0.3) is 0 Å². The van der Waals surface area contributed by atoms with E-state index >= 15 is 0 Å². The number of likely N-dealkylation sites (tertiary alicyclic amines) is 1. The molecule has 2 amide bonds. The van der Waals surface area contributed by atoms with E-state index in [2.05, 4.69) is 17.9 Å². The van der Waals surface area contributed by atoms with Crippen LogP contribution in [-0.2, 0) is 16.1 Å². The number of piperidine rings is 1. The molecule has 2 aromatic carbocycles. The third-order valence-electron chi connectivity index (χ3n) is 4.88. The minimum atomic E-state index is -0.194. The van der Waals surface area contributed by atoms with Gasteiger partial charge in [0.15, 0.2) is 11.5 Å². The zero-order chi connectivity index (χ0) is 23.2. The van der Waals surface area contributed by atoms with Crippen molar-refractivity contribution in [3.8, 4) is 11.5 Å². The van der Waals surface area contributed by atoms with Crippen LogP contribution in [0.1, 0.15) is 49.3 Å². The van der Waals surface area contributed by atoms with Crippen molar-refractivity contribution in [2.75, 3.05) is 13.1 Å². The van der Waals surface area contributed by atoms with Gasteiger partial charge in [-0.25, -0.2) is 0 Å². The summed E-state index contributed by atoms with van der Waals surface area (Å²) in [5.74, 6) is 0.0599. The van der Waals surface area contributed by atoms with E-state index in [1.54, 1.807) is 12.1 Å². The molecule has 0 atom stereocenters. The lowest BCUT2D eigenvalue weighted by Crippen LogP contribution is -2.36. The van der Waals surface area contributed by atoms with Gasteiger partial charge in [-0.1, -0.05) is 44.2 Å². The predicted molar refractivity (Wildman–Crippen MR) is 123 cm³/mol. The van der Waals surface area contributed by atoms with Crippen molar-refractivity contribution in [2.45, 2.75) is 39.2 Å². The first-order valence-corrected chi connectivity index (χ1v) is 10.4. The molecule has 0 bridgehead atoms. The molecule has 0 saturated carbocycles. The van der Waals surface area contributed by atoms with Crippen molar-refractivity contribution in [3.05, 3.63) is 65.2 Å². The number of carbonyl (C=O) groups is 2. The average Bonchev–Trinajstić information content (AvgIpc) is 2.81. The average molecular weight is 428 g/mol. The summed E-state index contributed by atoms with van der Waals surface area (Å²) in [7, 11) is 0. The minimum Gasteiger partial charge on any atom is -0.504 e. The molecule has 6 N–H and O–H groups in total. The third-order valence-corrected chi connectivity index (χ3v) is 4.88. The molecule has 1 aliphatic rings. The van der Waals surface area contributed by atoms with Crippen LogP contribution in [0.15, 0.2) is 48.5 Å². The maximum Gasteiger partial charge on any atom is 0.246 e. The Labute approximate surface area is 184 Å². The Kier molecular flexibility index (Phi) is 11.5. The van der Waals surface area contributed by atoms with Gasteiger partial charge < -0.3 is 26.6 Å². The Morgan fingerprint density at radius 2 is 1.74 bits per heavy atom. The van der Waals surface area contributed by atoms with Crippen LogP contribution < -0.4 is 11.5 Å². The highest BCUT2D eigenvalue weighted by atomic mass is 16.3. The maximum atomic E-state index is 12.4. The lowest BCUT2D eigenvalue weighted by atomic mass is 9.88. The SMILES string of the molecule is CC.NC=O.NCc1cccc(C2CCN(C(=O)/C=C/c3ccc(O)c(O)c3)CC2)c1. The summed E-state index contributed by atoms with van der Waals surface area (Å²) < 4.78 is 0. The summed E-state index contributed by atoms with van der Waals surface area (Å²) in [6, 6.07) is 12.9. The van der Waals surface area contributed by atoms with Crippen molar-refractivity contribution in [3.63, 3.8) is 0 Å². The van der Waals surface area contributed by atoms with E-state index in [4.69, 9.17) is 10.5 Å². The summed E-state index contributed by atoms with van der Waals surface area (Å²) in [6.07, 6.45) is 5.29. The fourth-order valence-corrected chi connectivity index (χ4v) is 3.32. The highest BCUT2D eigenvalue weighted by Crippen LogP contribution is 2.29. The normalized spacial score (nSPS) is 13.6. The highest BCUT2D eigenvalue weighted by Gasteiger charge is 2.22. The second-order valence-electron chi connectivity index (χ2n) is 6.77. The second kappa shape index (κ2) is 13.8. The first-order valence-electron chi connectivity index (χ1n) is 10.4. The number of phenolic OH excluding ortho intramolecular Hbond substituents is 2. The highest BCUT2D eigenvalue weighted by molar-refractivity contribution is 5.92. The number of primary amides is 1. The minimum absolute atomic E-state index is 0.0354. The van der Waals surface area contributed by atoms with Crippen molar-refractivity contribution in [2.24, 2.45) is 11.5 Å². The van der Waals surface area contributed by atoms with Crippen LogP contribution >= 0.6 is 0 Å². The van der Waals surface area contributed by atoms with Crippen LogP contribution in [0.5, 0.6) is 11.5 Å². The number of nitrogens with zero attached hydrogens (tertiary/aromatic N) is 1. The smallest absolute Gasteiger partial charge is 0.246 e. The van der Waals surface area contributed by atoms with Gasteiger partial charge in [0.05, 0.1) is 0 Å². The summed E-state index contributed by atoms with van der Waals surface area (Å²) in [6.45, 7) is 5.99. The zero-order valence-electron chi connectivity index (χ0n) is 18.2. The Bertz CT molecular complexity index is 860. The van der Waals surface area contributed by atoms with Crippen LogP contribution in [0.4, 0.5) is 0 Å². The first-order chi connectivity index (χ1) is 15.0. The molecule has 1 fully saturated rings. The molecule has 3 rings (SSSR count). The number of carbonyl (C=O) groups excluding carboxylic acids is 2. The zero-order valence-corrected chi connectivity index (χ0v) is 18.2. The molecule has 0 radical (unpaired) electrons. The van der Waals surface area contributed by atoms with Gasteiger partial charge in [-0.2, -0.15) is 0 Å². The maximum absolute atomic E-state index is 12.4. The number of hydrogen-bond donors (Lipinski definition) is 4. The monoisotopic (exact) mass is 427 g/mol. The predicted octanol–water partition coefficient (Wildman–Crippen LogP) is 3.10. The Morgan fingerprint density at radius 1 is 1.10 bits per heavy atom. The lowest BCUT2D eigenvalue weighted by molar-refractivity contribution is -0.127. The molecule has 31 heavy (non-hydrogen) atoms. The van der Waals surface area contributed by atoms with Crippen molar-refractivity contribution >= 4 is 18.4 Å². The fourth-order valence-electron chi connectivity index (χ4n) is 3.32. The van der Waals surface area contributed by atoms with E-state index in [1.165, 1.54) is 23.8 Å². The quantitative estimate of drug-likeness (QED) is 0.338. The van der Waals surface area contributed by atoms with E-state index < -0.39 is 0 Å². The van der Waals surface area contributed by atoms with Gasteiger partial charge in [0.1, 0.15) is 0 Å².